The van der Waals surface area contributed by atoms with Crippen LogP contribution in [-0.2, 0) is 16.1 Å². The van der Waals surface area contributed by atoms with Gasteiger partial charge in [-0.2, -0.15) is 0 Å². The molecule has 0 N–H and O–H groups in total. The first-order valence-corrected chi connectivity index (χ1v) is 8.71. The van der Waals surface area contributed by atoms with Crippen LogP contribution in [0.3, 0.4) is 0 Å². The highest BCUT2D eigenvalue weighted by atomic mass is 32.1. The highest BCUT2D eigenvalue weighted by Gasteiger charge is 2.33. The van der Waals surface area contributed by atoms with E-state index in [2.05, 4.69) is 0 Å². The average molecular weight is 378 g/mol. The van der Waals surface area contributed by atoms with Gasteiger partial charge in [-0.3, -0.25) is 14.9 Å². The predicted molar refractivity (Wildman–Crippen MR) is 91.2 cm³/mol. The molecule has 0 atom stereocenters. The van der Waals surface area contributed by atoms with E-state index in [0.717, 1.165) is 12.8 Å². The van der Waals surface area contributed by atoms with Gasteiger partial charge in [0.25, 0.3) is 5.91 Å². The van der Waals surface area contributed by atoms with Crippen molar-refractivity contribution in [1.29, 1.82) is 0 Å². The number of thiophene rings is 1. The molecule has 1 aliphatic rings. The third-order valence-corrected chi connectivity index (χ3v) is 4.92. The monoisotopic (exact) mass is 378 g/mol. The molecule has 1 amide bonds. The van der Waals surface area contributed by atoms with E-state index in [1.54, 1.807) is 18.2 Å². The summed E-state index contributed by atoms with van der Waals surface area (Å²) in [5.74, 6) is -1.61. The summed E-state index contributed by atoms with van der Waals surface area (Å²) >= 11 is 0.684. The number of ether oxygens (including phenoxy) is 1. The van der Waals surface area contributed by atoms with Crippen molar-refractivity contribution in [1.82, 2.24) is 4.90 Å². The molecule has 26 heavy (non-hydrogen) atoms. The third kappa shape index (κ3) is 4.23. The second-order valence-electron chi connectivity index (χ2n) is 5.82. The summed E-state index contributed by atoms with van der Waals surface area (Å²) in [6, 6.07) is 8.71. The molecule has 1 aliphatic carbocycles. The maximum Gasteiger partial charge on any atom is 0.349 e. The van der Waals surface area contributed by atoms with Gasteiger partial charge in [0, 0.05) is 24.2 Å². The molecule has 0 unspecified atom stereocenters. The molecule has 1 aromatic heterocycles. The van der Waals surface area contributed by atoms with E-state index < -0.39 is 29.2 Å². The summed E-state index contributed by atoms with van der Waals surface area (Å²) in [6.45, 7) is -0.381. The molecule has 0 saturated heterocycles. The van der Waals surface area contributed by atoms with Gasteiger partial charge in [-0.05, 0) is 25.0 Å². The molecule has 9 heteroatoms. The Labute approximate surface area is 152 Å². The van der Waals surface area contributed by atoms with Gasteiger partial charge < -0.3 is 9.64 Å². The molecule has 0 spiro atoms. The summed E-state index contributed by atoms with van der Waals surface area (Å²) in [7, 11) is 0. The van der Waals surface area contributed by atoms with Gasteiger partial charge >= 0.3 is 11.0 Å². The fraction of sp³-hybridized carbons (Fsp3) is 0.294. The quantitative estimate of drug-likeness (QED) is 0.419. The van der Waals surface area contributed by atoms with Gasteiger partial charge in [0.15, 0.2) is 6.61 Å². The molecular formula is C17H15FN2O5S. The molecule has 3 rings (SSSR count). The number of amides is 1. The maximum atomic E-state index is 13.8. The van der Waals surface area contributed by atoms with Crippen LogP contribution >= 0.6 is 11.3 Å². The highest BCUT2D eigenvalue weighted by Crippen LogP contribution is 2.29. The fourth-order valence-corrected chi connectivity index (χ4v) is 3.15. The van der Waals surface area contributed by atoms with E-state index in [0.29, 0.717) is 16.9 Å². The van der Waals surface area contributed by atoms with E-state index in [1.165, 1.54) is 23.1 Å². The number of hydrogen-bond acceptors (Lipinski definition) is 6. The van der Waals surface area contributed by atoms with Crippen LogP contribution in [0, 0.1) is 15.9 Å². The molecule has 2 aromatic rings. The van der Waals surface area contributed by atoms with Crippen LogP contribution in [0.2, 0.25) is 0 Å². The molecule has 0 radical (unpaired) electrons. The Bertz CT molecular complexity index is 849. The summed E-state index contributed by atoms with van der Waals surface area (Å²) in [6.07, 6.45) is 1.65. The standard InChI is InChI=1S/C17H15FN2O5S/c18-13-4-2-1-3-11(13)9-19(12-5-6-12)15(21)10-25-17(22)14-7-8-16(26-14)20(23)24/h1-4,7-8,12H,5-6,9-10H2. The zero-order valence-electron chi connectivity index (χ0n) is 13.6. The highest BCUT2D eigenvalue weighted by molar-refractivity contribution is 7.17. The van der Waals surface area contributed by atoms with Crippen molar-refractivity contribution in [3.05, 3.63) is 62.8 Å². The molecule has 1 fully saturated rings. The number of nitro groups is 1. The lowest BCUT2D eigenvalue weighted by molar-refractivity contribution is -0.380. The molecule has 0 aliphatic heterocycles. The first kappa shape index (κ1) is 18.0. The number of benzene rings is 1. The lowest BCUT2D eigenvalue weighted by Gasteiger charge is -2.22. The number of carbonyl (C=O) groups is 2. The number of hydrogen-bond donors (Lipinski definition) is 0. The number of rotatable bonds is 7. The summed E-state index contributed by atoms with van der Waals surface area (Å²) < 4.78 is 18.8. The van der Waals surface area contributed by atoms with Gasteiger partial charge in [0.05, 0.1) is 4.92 Å². The van der Waals surface area contributed by atoms with Crippen molar-refractivity contribution in [3.63, 3.8) is 0 Å². The Kier molecular flexibility index (Phi) is 5.27. The predicted octanol–water partition coefficient (Wildman–Crippen LogP) is 3.14. The minimum atomic E-state index is -0.793. The zero-order chi connectivity index (χ0) is 18.7. The molecule has 136 valence electrons. The lowest BCUT2D eigenvalue weighted by atomic mass is 10.2. The molecular weight excluding hydrogens is 363 g/mol. The van der Waals surface area contributed by atoms with Gasteiger partial charge in [0.2, 0.25) is 0 Å². The number of esters is 1. The van der Waals surface area contributed by atoms with Crippen molar-refractivity contribution in [3.8, 4) is 0 Å². The summed E-state index contributed by atoms with van der Waals surface area (Å²) in [5.41, 5.74) is 0.396. The van der Waals surface area contributed by atoms with E-state index in [1.807, 2.05) is 0 Å². The SMILES string of the molecule is O=C(OCC(=O)N(Cc1ccccc1F)C1CC1)c1ccc([N+](=O)[O-])s1. The molecule has 1 aromatic carbocycles. The first-order chi connectivity index (χ1) is 12.5. The number of carbonyl (C=O) groups excluding carboxylic acids is 2. The second-order valence-corrected chi connectivity index (χ2v) is 6.88. The molecule has 1 saturated carbocycles. The van der Waals surface area contributed by atoms with Gasteiger partial charge in [-0.1, -0.05) is 29.5 Å². The van der Waals surface area contributed by atoms with Crippen molar-refractivity contribution in [2.24, 2.45) is 0 Å². The Morgan fingerprint density at radius 1 is 1.27 bits per heavy atom. The van der Waals surface area contributed by atoms with Crippen LogP contribution in [-0.4, -0.2) is 34.3 Å². The van der Waals surface area contributed by atoms with Crippen molar-refractivity contribution in [2.45, 2.75) is 25.4 Å². The smallest absolute Gasteiger partial charge is 0.349 e. The van der Waals surface area contributed by atoms with Gasteiger partial charge in [-0.25, -0.2) is 9.18 Å². The van der Waals surface area contributed by atoms with Crippen LogP contribution in [0.1, 0.15) is 28.1 Å². The Hall–Kier alpha value is -2.81. The minimum absolute atomic E-state index is 0.0173. The zero-order valence-corrected chi connectivity index (χ0v) is 14.4. The summed E-state index contributed by atoms with van der Waals surface area (Å²) in [4.78, 5) is 36.0. The fourth-order valence-electron chi connectivity index (χ4n) is 2.43. The number of nitrogens with zero attached hydrogens (tertiary/aromatic N) is 2. The Morgan fingerprint density at radius 3 is 2.62 bits per heavy atom. The first-order valence-electron chi connectivity index (χ1n) is 7.90. The van der Waals surface area contributed by atoms with Gasteiger partial charge in [0.1, 0.15) is 10.7 Å². The second kappa shape index (κ2) is 7.61. The van der Waals surface area contributed by atoms with E-state index in [-0.39, 0.29) is 22.5 Å². The molecule has 0 bridgehead atoms. The third-order valence-electron chi connectivity index (χ3n) is 3.91. The largest absolute Gasteiger partial charge is 0.451 e. The van der Waals surface area contributed by atoms with Crippen LogP contribution in [0.25, 0.3) is 0 Å². The normalized spacial score (nSPS) is 13.3. The summed E-state index contributed by atoms with van der Waals surface area (Å²) in [5, 5.41) is 10.5. The van der Waals surface area contributed by atoms with Crippen LogP contribution in [0.4, 0.5) is 9.39 Å². The number of halogens is 1. The lowest BCUT2D eigenvalue weighted by Crippen LogP contribution is -2.36. The topological polar surface area (TPSA) is 89.8 Å². The van der Waals surface area contributed by atoms with Crippen LogP contribution in [0.15, 0.2) is 36.4 Å². The van der Waals surface area contributed by atoms with Crippen molar-refractivity contribution >= 4 is 28.2 Å². The maximum absolute atomic E-state index is 13.8. The van der Waals surface area contributed by atoms with Crippen molar-refractivity contribution < 1.29 is 23.6 Å². The van der Waals surface area contributed by atoms with E-state index in [9.17, 15) is 24.1 Å². The van der Waals surface area contributed by atoms with Crippen molar-refractivity contribution in [2.75, 3.05) is 6.61 Å². The van der Waals surface area contributed by atoms with E-state index >= 15 is 0 Å². The van der Waals surface area contributed by atoms with Crippen LogP contribution in [0.5, 0.6) is 0 Å². The minimum Gasteiger partial charge on any atom is -0.451 e. The average Bonchev–Trinajstić information content (AvgIpc) is 3.33. The van der Waals surface area contributed by atoms with Crippen LogP contribution < -0.4 is 0 Å². The molecule has 7 nitrogen and oxygen atoms in total. The Morgan fingerprint density at radius 2 is 2.00 bits per heavy atom. The Balaban J connectivity index is 1.60. The molecule has 1 heterocycles. The van der Waals surface area contributed by atoms with E-state index in [4.69, 9.17) is 4.74 Å². The van der Waals surface area contributed by atoms with Gasteiger partial charge in [-0.15, -0.1) is 0 Å².